The van der Waals surface area contributed by atoms with Gasteiger partial charge in [0.2, 0.25) is 0 Å². The summed E-state index contributed by atoms with van der Waals surface area (Å²) >= 11 is 0. The molecule has 0 radical (unpaired) electrons. The summed E-state index contributed by atoms with van der Waals surface area (Å²) < 4.78 is 0. The monoisotopic (exact) mass is 701 g/mol. The molecular formula is C52H35N3. The Morgan fingerprint density at radius 2 is 0.836 bits per heavy atom. The second-order valence-corrected chi connectivity index (χ2v) is 13.8. The van der Waals surface area contributed by atoms with Crippen LogP contribution < -0.4 is 4.90 Å². The van der Waals surface area contributed by atoms with Crippen LogP contribution >= 0.6 is 0 Å². The molecule has 3 heteroatoms. The highest BCUT2D eigenvalue weighted by molar-refractivity contribution is 6.07. The van der Waals surface area contributed by atoms with E-state index in [9.17, 15) is 0 Å². The molecule has 0 N–H and O–H groups in total. The fraction of sp³-hybridized carbons (Fsp3) is 0. The van der Waals surface area contributed by atoms with Crippen LogP contribution in [-0.4, -0.2) is 9.97 Å². The lowest BCUT2D eigenvalue weighted by molar-refractivity contribution is 1.29. The molecule has 0 spiro atoms. The summed E-state index contributed by atoms with van der Waals surface area (Å²) in [6.07, 6.45) is 0. The summed E-state index contributed by atoms with van der Waals surface area (Å²) in [7, 11) is 0. The Bertz CT molecular complexity index is 2960. The molecule has 9 aromatic carbocycles. The maximum atomic E-state index is 5.33. The Balaban J connectivity index is 1.04. The van der Waals surface area contributed by atoms with Crippen molar-refractivity contribution in [3.05, 3.63) is 212 Å². The number of anilines is 3. The number of fused-ring (bicyclic) bond motifs is 4. The Hall–Kier alpha value is -7.36. The zero-order valence-electron chi connectivity index (χ0n) is 30.0. The minimum atomic E-state index is 0.882. The van der Waals surface area contributed by atoms with Gasteiger partial charge in [-0.25, -0.2) is 9.97 Å². The van der Waals surface area contributed by atoms with E-state index in [1.54, 1.807) is 0 Å². The third kappa shape index (κ3) is 6.08. The number of hydrogen-bond donors (Lipinski definition) is 0. The first-order valence-corrected chi connectivity index (χ1v) is 18.7. The van der Waals surface area contributed by atoms with Gasteiger partial charge in [-0.3, -0.25) is 0 Å². The maximum Gasteiger partial charge on any atom is 0.0973 e. The lowest BCUT2D eigenvalue weighted by Crippen LogP contribution is -2.09. The summed E-state index contributed by atoms with van der Waals surface area (Å²) in [6, 6.07) is 75.1. The molecule has 1 aromatic heterocycles. The average molecular weight is 702 g/mol. The van der Waals surface area contributed by atoms with Crippen LogP contribution in [0.15, 0.2) is 212 Å². The molecule has 0 aliphatic carbocycles. The summed E-state index contributed by atoms with van der Waals surface area (Å²) in [5.74, 6) is 0. The van der Waals surface area contributed by atoms with Crippen molar-refractivity contribution < 1.29 is 0 Å². The number of rotatable bonds is 7. The lowest BCUT2D eigenvalue weighted by atomic mass is 9.93. The highest BCUT2D eigenvalue weighted by Gasteiger charge is 2.17. The molecule has 0 saturated heterocycles. The molecule has 3 nitrogen and oxygen atoms in total. The van der Waals surface area contributed by atoms with Crippen molar-refractivity contribution in [3.8, 4) is 44.8 Å². The maximum absolute atomic E-state index is 5.33. The molecule has 0 aliphatic rings. The second kappa shape index (κ2) is 13.9. The third-order valence-electron chi connectivity index (χ3n) is 10.4. The molecule has 0 saturated carbocycles. The Morgan fingerprint density at radius 1 is 0.309 bits per heavy atom. The quantitative estimate of drug-likeness (QED) is 0.155. The van der Waals surface area contributed by atoms with E-state index < -0.39 is 0 Å². The van der Waals surface area contributed by atoms with Crippen LogP contribution in [0.1, 0.15) is 0 Å². The van der Waals surface area contributed by atoms with Gasteiger partial charge in [0.15, 0.2) is 0 Å². The molecular weight excluding hydrogens is 667 g/mol. The van der Waals surface area contributed by atoms with E-state index in [0.29, 0.717) is 0 Å². The standard InChI is InChI=1S/C52H35N3/c1-4-15-38(16-5-1)50-51(39-17-6-2-7-18-39)54-52-48-32-27-41(34-42(48)28-33-49(52)53-50)47-23-13-12-22-46(47)37-25-29-44(30-26-37)55(43-20-8-3-9-21-43)45-31-24-36-14-10-11-19-40(36)35-45/h1-35H. The first kappa shape index (κ1) is 32.3. The lowest BCUT2D eigenvalue weighted by Gasteiger charge is -2.26. The molecule has 10 aromatic rings. The highest BCUT2D eigenvalue weighted by atomic mass is 15.1. The summed E-state index contributed by atoms with van der Waals surface area (Å²) in [4.78, 5) is 12.9. The summed E-state index contributed by atoms with van der Waals surface area (Å²) in [5.41, 5.74) is 13.7. The van der Waals surface area contributed by atoms with E-state index in [1.807, 2.05) is 12.1 Å². The van der Waals surface area contributed by atoms with Gasteiger partial charge in [0.25, 0.3) is 0 Å². The molecule has 0 amide bonds. The molecule has 0 atom stereocenters. The van der Waals surface area contributed by atoms with Gasteiger partial charge in [0, 0.05) is 33.6 Å². The Labute approximate surface area is 320 Å². The fourth-order valence-corrected chi connectivity index (χ4v) is 7.73. The highest BCUT2D eigenvalue weighted by Crippen LogP contribution is 2.40. The van der Waals surface area contributed by atoms with E-state index >= 15 is 0 Å². The minimum absolute atomic E-state index is 0.882. The van der Waals surface area contributed by atoms with Gasteiger partial charge in [0.05, 0.1) is 22.4 Å². The zero-order chi connectivity index (χ0) is 36.6. The predicted molar refractivity (Wildman–Crippen MR) is 231 cm³/mol. The van der Waals surface area contributed by atoms with E-state index in [-0.39, 0.29) is 0 Å². The number of nitrogens with zero attached hydrogens (tertiary/aromatic N) is 3. The smallest absolute Gasteiger partial charge is 0.0973 e. The van der Waals surface area contributed by atoms with Gasteiger partial charge in [-0.2, -0.15) is 0 Å². The molecule has 258 valence electrons. The SMILES string of the molecule is c1ccc(-c2nc3ccc4cc(-c5ccccc5-c5ccc(N(c6ccccc6)c6ccc7ccccc7c6)cc5)ccc4c3nc2-c2ccccc2)cc1. The van der Waals surface area contributed by atoms with Crippen molar-refractivity contribution in [3.63, 3.8) is 0 Å². The normalized spacial score (nSPS) is 11.3. The molecule has 0 fully saturated rings. The first-order valence-electron chi connectivity index (χ1n) is 18.7. The number of benzene rings is 9. The van der Waals surface area contributed by atoms with Crippen LogP contribution in [0.25, 0.3) is 77.3 Å². The molecule has 55 heavy (non-hydrogen) atoms. The Morgan fingerprint density at radius 3 is 1.55 bits per heavy atom. The van der Waals surface area contributed by atoms with Gasteiger partial charge < -0.3 is 4.90 Å². The van der Waals surface area contributed by atoms with Gasteiger partial charge in [0.1, 0.15) is 0 Å². The van der Waals surface area contributed by atoms with Crippen LogP contribution in [0.4, 0.5) is 17.1 Å². The van der Waals surface area contributed by atoms with Crippen LogP contribution in [0.3, 0.4) is 0 Å². The molecule has 1 heterocycles. The first-order chi connectivity index (χ1) is 27.3. The van der Waals surface area contributed by atoms with Crippen LogP contribution in [-0.2, 0) is 0 Å². The van der Waals surface area contributed by atoms with E-state index in [2.05, 4.69) is 205 Å². The van der Waals surface area contributed by atoms with Crippen molar-refractivity contribution in [2.24, 2.45) is 0 Å². The Kier molecular flexibility index (Phi) is 8.16. The largest absolute Gasteiger partial charge is 0.310 e. The van der Waals surface area contributed by atoms with Crippen LogP contribution in [0.5, 0.6) is 0 Å². The topological polar surface area (TPSA) is 29.0 Å². The molecule has 0 unspecified atom stereocenters. The fourth-order valence-electron chi connectivity index (χ4n) is 7.73. The van der Waals surface area contributed by atoms with Crippen LogP contribution in [0.2, 0.25) is 0 Å². The van der Waals surface area contributed by atoms with Gasteiger partial charge in [-0.15, -0.1) is 0 Å². The van der Waals surface area contributed by atoms with Crippen molar-refractivity contribution in [1.82, 2.24) is 9.97 Å². The van der Waals surface area contributed by atoms with Crippen LogP contribution in [0, 0.1) is 0 Å². The summed E-state index contributed by atoms with van der Waals surface area (Å²) in [6.45, 7) is 0. The third-order valence-corrected chi connectivity index (χ3v) is 10.4. The van der Waals surface area contributed by atoms with Gasteiger partial charge in [-0.1, -0.05) is 164 Å². The zero-order valence-corrected chi connectivity index (χ0v) is 30.0. The van der Waals surface area contributed by atoms with Crippen molar-refractivity contribution in [2.75, 3.05) is 4.90 Å². The number of para-hydroxylation sites is 1. The van der Waals surface area contributed by atoms with Crippen molar-refractivity contribution in [2.45, 2.75) is 0 Å². The van der Waals surface area contributed by atoms with E-state index in [1.165, 1.54) is 21.9 Å². The van der Waals surface area contributed by atoms with Crippen molar-refractivity contribution in [1.29, 1.82) is 0 Å². The molecule has 0 bridgehead atoms. The molecule has 0 aliphatic heterocycles. The van der Waals surface area contributed by atoms with Gasteiger partial charge >= 0.3 is 0 Å². The number of aromatic nitrogens is 2. The van der Waals surface area contributed by atoms with Gasteiger partial charge in [-0.05, 0) is 86.9 Å². The van der Waals surface area contributed by atoms with Crippen molar-refractivity contribution >= 4 is 49.6 Å². The number of hydrogen-bond acceptors (Lipinski definition) is 3. The summed E-state index contributed by atoms with van der Waals surface area (Å²) in [5, 5.41) is 4.66. The molecule has 10 rings (SSSR count). The second-order valence-electron chi connectivity index (χ2n) is 13.8. The predicted octanol–water partition coefficient (Wildman–Crippen LogP) is 14.1. The van der Waals surface area contributed by atoms with E-state index in [0.717, 1.165) is 72.5 Å². The minimum Gasteiger partial charge on any atom is -0.310 e. The van der Waals surface area contributed by atoms with E-state index in [4.69, 9.17) is 9.97 Å². The average Bonchev–Trinajstić information content (AvgIpc) is 3.27.